The summed E-state index contributed by atoms with van der Waals surface area (Å²) in [4.78, 5) is 14.2. The smallest absolute Gasteiger partial charge is 0.269 e. The molecule has 0 unspecified atom stereocenters. The van der Waals surface area contributed by atoms with Crippen molar-refractivity contribution < 1.29 is 28.3 Å². The second kappa shape index (κ2) is 11.2. The van der Waals surface area contributed by atoms with Gasteiger partial charge in [-0.2, -0.15) is 5.10 Å². The van der Waals surface area contributed by atoms with E-state index >= 15 is 0 Å². The van der Waals surface area contributed by atoms with E-state index in [1.165, 1.54) is 47.3 Å². The molecular weight excluding hydrogens is 494 g/mol. The van der Waals surface area contributed by atoms with E-state index in [0.717, 1.165) is 17.7 Å². The van der Waals surface area contributed by atoms with Crippen LogP contribution in [0, 0.1) is 21.7 Å². The number of aromatic nitrogens is 3. The van der Waals surface area contributed by atoms with Crippen LogP contribution in [-0.4, -0.2) is 54.8 Å². The standard InChI is InChI=1S/C24H24F2N4O5S/c1-16(24(31,13-29-15-27-14-28-29)21-8-5-18(25)10-22(21)26)36-20-11-34-23(35-12-20)9-4-17-2-6-19(7-3-17)30(32)33/h2-10,14-16,20,23,31H,11-13H2,1H3/t16-,20-,23-,24-/m1/s1. The van der Waals surface area contributed by atoms with Crippen LogP contribution < -0.4 is 0 Å². The van der Waals surface area contributed by atoms with Crippen molar-refractivity contribution in [2.24, 2.45) is 0 Å². The summed E-state index contributed by atoms with van der Waals surface area (Å²) in [6.07, 6.45) is 5.58. The maximum atomic E-state index is 14.7. The summed E-state index contributed by atoms with van der Waals surface area (Å²) in [6, 6.07) is 9.18. The average Bonchev–Trinajstić information content (AvgIpc) is 3.36. The van der Waals surface area contributed by atoms with Crippen molar-refractivity contribution in [2.45, 2.75) is 35.9 Å². The molecular formula is C24H24F2N4O5S. The van der Waals surface area contributed by atoms with Crippen LogP contribution in [0.25, 0.3) is 6.08 Å². The van der Waals surface area contributed by atoms with Crippen LogP contribution in [-0.2, 0) is 21.6 Å². The molecule has 0 radical (unpaired) electrons. The van der Waals surface area contributed by atoms with Crippen LogP contribution in [0.1, 0.15) is 18.1 Å². The zero-order valence-corrected chi connectivity index (χ0v) is 20.1. The van der Waals surface area contributed by atoms with Gasteiger partial charge in [0.25, 0.3) is 5.69 Å². The molecule has 0 spiro atoms. The summed E-state index contributed by atoms with van der Waals surface area (Å²) in [6.45, 7) is 2.30. The minimum absolute atomic E-state index is 0.00981. The van der Waals surface area contributed by atoms with Crippen LogP contribution >= 0.6 is 11.8 Å². The zero-order valence-electron chi connectivity index (χ0n) is 19.2. The molecule has 0 aliphatic carbocycles. The molecule has 2 heterocycles. The minimum atomic E-state index is -1.72. The first-order valence-electron chi connectivity index (χ1n) is 11.1. The number of benzene rings is 2. The first-order chi connectivity index (χ1) is 17.2. The Hall–Kier alpha value is -3.19. The van der Waals surface area contributed by atoms with E-state index in [9.17, 15) is 24.0 Å². The van der Waals surface area contributed by atoms with Crippen molar-refractivity contribution in [2.75, 3.05) is 13.2 Å². The normalized spacial score (nSPS) is 20.8. The fourth-order valence-electron chi connectivity index (χ4n) is 3.82. The molecule has 12 heteroatoms. The molecule has 1 saturated heterocycles. The summed E-state index contributed by atoms with van der Waals surface area (Å²) in [5, 5.41) is 25.7. The van der Waals surface area contributed by atoms with Gasteiger partial charge in [-0.3, -0.25) is 10.1 Å². The lowest BCUT2D eigenvalue weighted by molar-refractivity contribution is -0.384. The summed E-state index contributed by atoms with van der Waals surface area (Å²) < 4.78 is 41.2. The van der Waals surface area contributed by atoms with Gasteiger partial charge in [-0.05, 0) is 29.8 Å². The lowest BCUT2D eigenvalue weighted by atomic mass is 9.90. The van der Waals surface area contributed by atoms with Crippen molar-refractivity contribution in [3.8, 4) is 0 Å². The van der Waals surface area contributed by atoms with Gasteiger partial charge in [0.2, 0.25) is 0 Å². The number of hydrogen-bond acceptors (Lipinski definition) is 8. The number of non-ortho nitro benzene ring substituents is 1. The van der Waals surface area contributed by atoms with Crippen molar-refractivity contribution in [1.82, 2.24) is 14.8 Å². The van der Waals surface area contributed by atoms with Crippen LogP contribution in [0.3, 0.4) is 0 Å². The third-order valence-electron chi connectivity index (χ3n) is 5.78. The molecule has 0 amide bonds. The molecule has 2 atom stereocenters. The molecule has 0 saturated carbocycles. The van der Waals surface area contributed by atoms with E-state index < -0.39 is 33.7 Å². The largest absolute Gasteiger partial charge is 0.382 e. The number of halogens is 2. The third kappa shape index (κ3) is 6.13. The van der Waals surface area contributed by atoms with Gasteiger partial charge >= 0.3 is 0 Å². The molecule has 36 heavy (non-hydrogen) atoms. The number of hydrogen-bond donors (Lipinski definition) is 1. The topological polar surface area (TPSA) is 113 Å². The highest BCUT2D eigenvalue weighted by atomic mass is 32.2. The summed E-state index contributed by atoms with van der Waals surface area (Å²) in [5.74, 6) is -1.58. The Morgan fingerprint density at radius 3 is 2.61 bits per heavy atom. The van der Waals surface area contributed by atoms with Gasteiger partial charge in [-0.25, -0.2) is 18.4 Å². The Bertz CT molecular complexity index is 1200. The zero-order chi connectivity index (χ0) is 25.7. The highest BCUT2D eigenvalue weighted by Crippen LogP contribution is 2.38. The lowest BCUT2D eigenvalue weighted by Gasteiger charge is -2.37. The average molecular weight is 519 g/mol. The van der Waals surface area contributed by atoms with Crippen molar-refractivity contribution in [1.29, 1.82) is 0 Å². The number of nitro benzene ring substituents is 1. The van der Waals surface area contributed by atoms with Gasteiger partial charge in [0, 0.05) is 29.0 Å². The van der Waals surface area contributed by atoms with Crippen LogP contribution in [0.5, 0.6) is 0 Å². The monoisotopic (exact) mass is 518 g/mol. The summed E-state index contributed by atoms with van der Waals surface area (Å²) in [7, 11) is 0. The number of ether oxygens (including phenoxy) is 2. The minimum Gasteiger partial charge on any atom is -0.382 e. The van der Waals surface area contributed by atoms with E-state index in [-0.39, 0.29) is 23.0 Å². The van der Waals surface area contributed by atoms with Gasteiger partial charge in [0.05, 0.1) is 29.9 Å². The number of thioether (sulfide) groups is 1. The molecule has 1 aromatic heterocycles. The number of nitro groups is 1. The summed E-state index contributed by atoms with van der Waals surface area (Å²) >= 11 is 1.37. The molecule has 4 rings (SSSR count). The molecule has 1 aliphatic rings. The molecule has 1 aliphatic heterocycles. The lowest BCUT2D eigenvalue weighted by Crippen LogP contribution is -2.43. The van der Waals surface area contributed by atoms with Crippen molar-refractivity contribution in [3.05, 3.63) is 94.1 Å². The van der Waals surface area contributed by atoms with Gasteiger partial charge in [-0.15, -0.1) is 11.8 Å². The predicted octanol–water partition coefficient (Wildman–Crippen LogP) is 3.93. The van der Waals surface area contributed by atoms with Crippen LogP contribution in [0.15, 0.2) is 61.2 Å². The first-order valence-corrected chi connectivity index (χ1v) is 12.0. The van der Waals surface area contributed by atoms with Gasteiger partial charge < -0.3 is 14.6 Å². The fraction of sp³-hybridized carbons (Fsp3) is 0.333. The van der Waals surface area contributed by atoms with E-state index in [1.54, 1.807) is 31.2 Å². The van der Waals surface area contributed by atoms with Crippen molar-refractivity contribution >= 4 is 23.5 Å². The van der Waals surface area contributed by atoms with E-state index in [1.807, 2.05) is 0 Å². The van der Waals surface area contributed by atoms with Crippen LogP contribution in [0.4, 0.5) is 14.5 Å². The number of nitrogens with zero attached hydrogens (tertiary/aromatic N) is 4. The molecule has 9 nitrogen and oxygen atoms in total. The maximum absolute atomic E-state index is 14.7. The third-order valence-corrected chi connectivity index (χ3v) is 7.23. The highest BCUT2D eigenvalue weighted by Gasteiger charge is 2.41. The quantitative estimate of drug-likeness (QED) is 0.335. The van der Waals surface area contributed by atoms with Crippen molar-refractivity contribution in [3.63, 3.8) is 0 Å². The Kier molecular flexibility index (Phi) is 8.09. The second-order valence-electron chi connectivity index (χ2n) is 8.28. The SMILES string of the molecule is C[C@@H](S[C@H]1CO[C@H](C=Cc2ccc([N+](=O)[O-])cc2)OC1)[C@](O)(Cn1cncn1)c1ccc(F)cc1F. The van der Waals surface area contributed by atoms with Gasteiger partial charge in [0.1, 0.15) is 29.9 Å². The molecule has 190 valence electrons. The fourth-order valence-corrected chi connectivity index (χ4v) is 5.14. The highest BCUT2D eigenvalue weighted by molar-refractivity contribution is 8.00. The molecule has 0 bridgehead atoms. The Morgan fingerprint density at radius 2 is 2.00 bits per heavy atom. The molecule has 1 fully saturated rings. The molecule has 2 aromatic carbocycles. The maximum Gasteiger partial charge on any atom is 0.269 e. The van der Waals surface area contributed by atoms with E-state index in [2.05, 4.69) is 10.1 Å². The Morgan fingerprint density at radius 1 is 1.28 bits per heavy atom. The number of rotatable bonds is 9. The first kappa shape index (κ1) is 25.9. The molecule has 3 aromatic rings. The molecule has 1 N–H and O–H groups in total. The van der Waals surface area contributed by atoms with E-state index in [4.69, 9.17) is 9.47 Å². The van der Waals surface area contributed by atoms with Gasteiger partial charge in [0.15, 0.2) is 6.29 Å². The van der Waals surface area contributed by atoms with Gasteiger partial charge in [-0.1, -0.05) is 19.1 Å². The predicted molar refractivity (Wildman–Crippen MR) is 129 cm³/mol. The number of aliphatic hydroxyl groups is 1. The van der Waals surface area contributed by atoms with Crippen LogP contribution in [0.2, 0.25) is 0 Å². The van der Waals surface area contributed by atoms with E-state index in [0.29, 0.717) is 13.2 Å². The second-order valence-corrected chi connectivity index (χ2v) is 9.93. The Balaban J connectivity index is 1.39. The summed E-state index contributed by atoms with van der Waals surface area (Å²) in [5.41, 5.74) is -0.989. The Labute approximate surface area is 209 Å².